The van der Waals surface area contributed by atoms with E-state index >= 15 is 0 Å². The molecule has 1 aromatic rings. The molecule has 1 aliphatic heterocycles. The lowest BCUT2D eigenvalue weighted by atomic mass is 10.0. The van der Waals surface area contributed by atoms with Gasteiger partial charge >= 0.3 is 5.97 Å². The van der Waals surface area contributed by atoms with E-state index in [2.05, 4.69) is 10.6 Å². The van der Waals surface area contributed by atoms with Gasteiger partial charge in [-0.3, -0.25) is 14.4 Å². The Bertz CT molecular complexity index is 865. The van der Waals surface area contributed by atoms with E-state index in [1.807, 2.05) is 6.07 Å². The number of carboxylic acid groups (broad SMARTS) is 1. The predicted molar refractivity (Wildman–Crippen MR) is 129 cm³/mol. The Balaban J connectivity index is 2.17. The Morgan fingerprint density at radius 2 is 1.80 bits per heavy atom. The van der Waals surface area contributed by atoms with Gasteiger partial charge in [-0.1, -0.05) is 30.3 Å². The highest BCUT2D eigenvalue weighted by Gasteiger charge is 2.38. The zero-order chi connectivity index (χ0) is 26.0. The van der Waals surface area contributed by atoms with Gasteiger partial charge in [0.05, 0.1) is 6.10 Å². The Hall–Kier alpha value is -3.02. The molecule has 5 atom stereocenters. The molecule has 0 aliphatic carbocycles. The van der Waals surface area contributed by atoms with Crippen LogP contribution in [-0.4, -0.2) is 82.2 Å². The fourth-order valence-corrected chi connectivity index (χ4v) is 4.05. The number of carboxylic acids is 1. The van der Waals surface area contributed by atoms with Crippen molar-refractivity contribution in [3.8, 4) is 0 Å². The van der Waals surface area contributed by atoms with Crippen molar-refractivity contribution >= 4 is 23.7 Å². The van der Waals surface area contributed by atoms with Crippen molar-refractivity contribution in [3.05, 3.63) is 35.9 Å². The van der Waals surface area contributed by atoms with Gasteiger partial charge in [0.2, 0.25) is 17.7 Å². The van der Waals surface area contributed by atoms with Crippen molar-refractivity contribution in [2.75, 3.05) is 13.1 Å². The lowest BCUT2D eigenvalue weighted by molar-refractivity contribution is -0.143. The highest BCUT2D eigenvalue weighted by Crippen LogP contribution is 2.19. The summed E-state index contributed by atoms with van der Waals surface area (Å²) in [5.74, 6) is -2.86. The van der Waals surface area contributed by atoms with Crippen molar-refractivity contribution in [3.63, 3.8) is 0 Å². The Kier molecular flexibility index (Phi) is 11.1. The smallest absolute Gasteiger partial charge is 0.326 e. The second-order valence-electron chi connectivity index (χ2n) is 8.89. The Labute approximate surface area is 205 Å². The minimum Gasteiger partial charge on any atom is -0.480 e. The minimum absolute atomic E-state index is 0.140. The summed E-state index contributed by atoms with van der Waals surface area (Å²) in [7, 11) is 0. The molecule has 3 amide bonds. The first-order valence-corrected chi connectivity index (χ1v) is 12.0. The zero-order valence-corrected chi connectivity index (χ0v) is 20.1. The number of nitrogens with two attached hydrogens (primary N) is 2. The Morgan fingerprint density at radius 3 is 2.40 bits per heavy atom. The molecule has 0 spiro atoms. The topological polar surface area (TPSA) is 188 Å². The SMILES string of the molecule is CC(O)C(N)C(=O)N1CCCC1C(=O)NC(Cc1ccccc1)C(=O)NC(CCCCN)C(=O)O. The summed E-state index contributed by atoms with van der Waals surface area (Å²) in [5, 5.41) is 24.5. The molecule has 1 saturated heterocycles. The number of rotatable bonds is 13. The van der Waals surface area contributed by atoms with Gasteiger partial charge in [0, 0.05) is 13.0 Å². The van der Waals surface area contributed by atoms with E-state index in [9.17, 15) is 29.4 Å². The molecule has 1 aromatic carbocycles. The first kappa shape index (κ1) is 28.2. The van der Waals surface area contributed by atoms with E-state index in [1.165, 1.54) is 11.8 Å². The molecular weight excluding hydrogens is 454 g/mol. The van der Waals surface area contributed by atoms with E-state index in [4.69, 9.17) is 11.5 Å². The van der Waals surface area contributed by atoms with Crippen LogP contribution in [0.1, 0.15) is 44.6 Å². The van der Waals surface area contributed by atoms with E-state index in [0.717, 1.165) is 5.56 Å². The first-order valence-electron chi connectivity index (χ1n) is 12.0. The largest absolute Gasteiger partial charge is 0.480 e. The quantitative estimate of drug-likeness (QED) is 0.192. The third-order valence-corrected chi connectivity index (χ3v) is 6.12. The first-order chi connectivity index (χ1) is 16.6. The normalized spacial score (nSPS) is 18.9. The second-order valence-corrected chi connectivity index (χ2v) is 8.89. The summed E-state index contributed by atoms with van der Waals surface area (Å²) in [6.07, 6.45) is 1.41. The van der Waals surface area contributed by atoms with Gasteiger partial charge in [0.1, 0.15) is 24.2 Å². The number of nitrogens with one attached hydrogen (secondary N) is 2. The maximum Gasteiger partial charge on any atom is 0.326 e. The molecule has 1 aliphatic rings. The number of hydrogen-bond acceptors (Lipinski definition) is 7. The molecule has 0 radical (unpaired) electrons. The van der Waals surface area contributed by atoms with Crippen LogP contribution in [0.25, 0.3) is 0 Å². The summed E-state index contributed by atoms with van der Waals surface area (Å²) < 4.78 is 0. The average molecular weight is 492 g/mol. The van der Waals surface area contributed by atoms with E-state index in [0.29, 0.717) is 38.8 Å². The number of carbonyl (C=O) groups is 4. The molecule has 11 heteroatoms. The van der Waals surface area contributed by atoms with Gasteiger partial charge in [-0.05, 0) is 51.1 Å². The number of benzene rings is 1. The number of hydrogen-bond donors (Lipinski definition) is 6. The standard InChI is InChI=1S/C24H37N5O6/c1-15(30)20(26)23(33)29-13-7-11-19(29)22(32)28-18(14-16-8-3-2-4-9-16)21(31)27-17(24(34)35)10-5-6-12-25/h2-4,8-9,15,17-20,30H,5-7,10-14,25-26H2,1H3,(H,27,31)(H,28,32)(H,34,35). The van der Waals surface area contributed by atoms with Crippen molar-refractivity contribution in [1.82, 2.24) is 15.5 Å². The highest BCUT2D eigenvalue weighted by atomic mass is 16.4. The summed E-state index contributed by atoms with van der Waals surface area (Å²) in [5.41, 5.74) is 12.0. The molecule has 1 heterocycles. The second kappa shape index (κ2) is 13.8. The number of unbranched alkanes of at least 4 members (excludes halogenated alkanes) is 1. The van der Waals surface area contributed by atoms with Gasteiger partial charge in [-0.25, -0.2) is 4.79 Å². The van der Waals surface area contributed by atoms with Crippen LogP contribution >= 0.6 is 0 Å². The molecule has 0 bridgehead atoms. The van der Waals surface area contributed by atoms with Crippen molar-refractivity contribution in [2.24, 2.45) is 11.5 Å². The molecule has 1 fully saturated rings. The molecule has 11 nitrogen and oxygen atoms in total. The molecular formula is C24H37N5O6. The summed E-state index contributed by atoms with van der Waals surface area (Å²) in [6.45, 7) is 2.14. The van der Waals surface area contributed by atoms with E-state index in [1.54, 1.807) is 24.3 Å². The maximum absolute atomic E-state index is 13.2. The van der Waals surface area contributed by atoms with Crippen LogP contribution in [0.5, 0.6) is 0 Å². The van der Waals surface area contributed by atoms with Crippen LogP contribution in [0, 0.1) is 0 Å². The van der Waals surface area contributed by atoms with Crippen molar-refractivity contribution in [2.45, 2.75) is 75.7 Å². The number of aliphatic hydroxyl groups excluding tert-OH is 1. The molecule has 5 unspecified atom stereocenters. The molecule has 8 N–H and O–H groups in total. The van der Waals surface area contributed by atoms with Crippen molar-refractivity contribution in [1.29, 1.82) is 0 Å². The van der Waals surface area contributed by atoms with Gasteiger partial charge in [0.15, 0.2) is 0 Å². The number of carbonyl (C=O) groups excluding carboxylic acids is 3. The highest BCUT2D eigenvalue weighted by molar-refractivity contribution is 5.94. The number of aliphatic hydroxyl groups is 1. The van der Waals surface area contributed by atoms with E-state index < -0.39 is 54.0 Å². The van der Waals surface area contributed by atoms with Gasteiger partial charge in [0.25, 0.3) is 0 Å². The average Bonchev–Trinajstić information content (AvgIpc) is 3.32. The van der Waals surface area contributed by atoms with Crippen LogP contribution in [0.4, 0.5) is 0 Å². The van der Waals surface area contributed by atoms with Crippen LogP contribution in [0.15, 0.2) is 30.3 Å². The predicted octanol–water partition coefficient (Wildman–Crippen LogP) is -0.889. The van der Waals surface area contributed by atoms with Gasteiger partial charge in [-0.15, -0.1) is 0 Å². The van der Waals surface area contributed by atoms with Crippen LogP contribution in [0.2, 0.25) is 0 Å². The fourth-order valence-electron chi connectivity index (χ4n) is 4.05. The maximum atomic E-state index is 13.2. The number of likely N-dealkylation sites (tertiary alicyclic amines) is 1. The third kappa shape index (κ3) is 8.30. The molecule has 0 saturated carbocycles. The van der Waals surface area contributed by atoms with Crippen LogP contribution in [-0.2, 0) is 25.6 Å². The van der Waals surface area contributed by atoms with Gasteiger partial charge in [-0.2, -0.15) is 0 Å². The molecule has 2 rings (SSSR count). The van der Waals surface area contributed by atoms with Gasteiger partial charge < -0.3 is 37.2 Å². The van der Waals surface area contributed by atoms with Crippen LogP contribution in [0.3, 0.4) is 0 Å². The fraction of sp³-hybridized carbons (Fsp3) is 0.583. The number of amides is 3. The minimum atomic E-state index is -1.17. The molecule has 35 heavy (non-hydrogen) atoms. The third-order valence-electron chi connectivity index (χ3n) is 6.12. The monoisotopic (exact) mass is 491 g/mol. The lowest BCUT2D eigenvalue weighted by Gasteiger charge is -2.29. The summed E-state index contributed by atoms with van der Waals surface area (Å²) in [6, 6.07) is 4.87. The van der Waals surface area contributed by atoms with E-state index in [-0.39, 0.29) is 12.8 Å². The molecule has 0 aromatic heterocycles. The zero-order valence-electron chi connectivity index (χ0n) is 20.1. The number of aliphatic carboxylic acids is 1. The summed E-state index contributed by atoms with van der Waals surface area (Å²) in [4.78, 5) is 51.9. The van der Waals surface area contributed by atoms with Crippen LogP contribution < -0.4 is 22.1 Å². The Morgan fingerprint density at radius 1 is 1.11 bits per heavy atom. The lowest BCUT2D eigenvalue weighted by Crippen LogP contribution is -2.58. The summed E-state index contributed by atoms with van der Waals surface area (Å²) >= 11 is 0. The number of nitrogens with zero attached hydrogens (tertiary/aromatic N) is 1. The molecule has 194 valence electrons. The van der Waals surface area contributed by atoms with Crippen molar-refractivity contribution < 1.29 is 29.4 Å².